The summed E-state index contributed by atoms with van der Waals surface area (Å²) in [5.41, 5.74) is 0.412. The zero-order valence-electron chi connectivity index (χ0n) is 16.4. The van der Waals surface area contributed by atoms with E-state index in [4.69, 9.17) is 4.74 Å². The number of nitro groups is 1. The summed E-state index contributed by atoms with van der Waals surface area (Å²) in [6.07, 6.45) is 6.77. The highest BCUT2D eigenvalue weighted by molar-refractivity contribution is 5.71. The molecule has 8 nitrogen and oxygen atoms in total. The van der Waals surface area contributed by atoms with Gasteiger partial charge in [0, 0.05) is 25.7 Å². The molecule has 0 amide bonds. The number of ether oxygens (including phenoxy) is 1. The van der Waals surface area contributed by atoms with Crippen LogP contribution in [0.3, 0.4) is 0 Å². The highest BCUT2D eigenvalue weighted by atomic mass is 16.6. The molecule has 148 valence electrons. The molecule has 3 unspecified atom stereocenters. The van der Waals surface area contributed by atoms with Gasteiger partial charge in [0.05, 0.1) is 11.0 Å². The van der Waals surface area contributed by atoms with Crippen LogP contribution < -0.4 is 10.2 Å². The summed E-state index contributed by atoms with van der Waals surface area (Å²) < 4.78 is 5.61. The maximum Gasteiger partial charge on any atom is 0.353 e. The van der Waals surface area contributed by atoms with Crippen molar-refractivity contribution >= 4 is 17.3 Å². The van der Waals surface area contributed by atoms with Gasteiger partial charge in [-0.25, -0.2) is 9.97 Å². The first-order valence-electron chi connectivity index (χ1n) is 9.88. The smallest absolute Gasteiger partial charge is 0.353 e. The molecule has 2 saturated heterocycles. The van der Waals surface area contributed by atoms with E-state index in [1.165, 1.54) is 6.33 Å². The Balaban J connectivity index is 1.62. The monoisotopic (exact) mass is 375 g/mol. The minimum atomic E-state index is -0.344. The summed E-state index contributed by atoms with van der Waals surface area (Å²) in [7, 11) is 0. The fourth-order valence-electron chi connectivity index (χ4n) is 5.60. The van der Waals surface area contributed by atoms with Gasteiger partial charge >= 0.3 is 5.69 Å². The molecule has 3 fully saturated rings. The average Bonchev–Trinajstić information content (AvgIpc) is 3.17. The maximum atomic E-state index is 11.9. The second-order valence-corrected chi connectivity index (χ2v) is 9.51. The highest BCUT2D eigenvalue weighted by Gasteiger charge is 2.51. The molecule has 0 spiro atoms. The summed E-state index contributed by atoms with van der Waals surface area (Å²) >= 11 is 0. The van der Waals surface area contributed by atoms with Crippen LogP contribution in [0.25, 0.3) is 0 Å². The number of nitrogens with zero attached hydrogens (tertiary/aromatic N) is 4. The van der Waals surface area contributed by atoms with Crippen molar-refractivity contribution in [1.29, 1.82) is 0 Å². The summed E-state index contributed by atoms with van der Waals surface area (Å²) in [4.78, 5) is 22.3. The number of hydrogen-bond donors (Lipinski definition) is 1. The zero-order valence-corrected chi connectivity index (χ0v) is 16.4. The van der Waals surface area contributed by atoms with E-state index in [1.807, 2.05) is 0 Å². The lowest BCUT2D eigenvalue weighted by molar-refractivity contribution is -0.383. The van der Waals surface area contributed by atoms with Crippen LogP contribution in [0.5, 0.6) is 0 Å². The molecular formula is C19H29N5O3. The van der Waals surface area contributed by atoms with Crippen LogP contribution in [-0.2, 0) is 4.74 Å². The van der Waals surface area contributed by atoms with E-state index in [2.05, 4.69) is 41.0 Å². The van der Waals surface area contributed by atoms with E-state index in [0.717, 1.165) is 45.3 Å². The van der Waals surface area contributed by atoms with Gasteiger partial charge in [0.1, 0.15) is 6.33 Å². The largest absolute Gasteiger partial charge is 0.376 e. The van der Waals surface area contributed by atoms with Crippen LogP contribution >= 0.6 is 0 Å². The molecule has 2 bridgehead atoms. The first-order chi connectivity index (χ1) is 12.8. The number of nitrogens with one attached hydrogen (secondary N) is 1. The minimum Gasteiger partial charge on any atom is -0.376 e. The van der Waals surface area contributed by atoms with Crippen LogP contribution in [-0.4, -0.2) is 46.7 Å². The lowest BCUT2D eigenvalue weighted by Crippen LogP contribution is -2.35. The molecule has 4 rings (SSSR count). The quantitative estimate of drug-likeness (QED) is 0.623. The Morgan fingerprint density at radius 1 is 1.37 bits per heavy atom. The van der Waals surface area contributed by atoms with Crippen LogP contribution in [0.1, 0.15) is 52.9 Å². The molecule has 27 heavy (non-hydrogen) atoms. The molecule has 1 aromatic rings. The summed E-state index contributed by atoms with van der Waals surface area (Å²) in [6, 6.07) is 0.290. The molecule has 2 aliphatic heterocycles. The fourth-order valence-corrected chi connectivity index (χ4v) is 5.60. The number of fused-ring (bicyclic) bond motifs is 2. The van der Waals surface area contributed by atoms with Gasteiger partial charge in [-0.2, -0.15) is 0 Å². The van der Waals surface area contributed by atoms with Crippen molar-refractivity contribution in [3.8, 4) is 0 Å². The Morgan fingerprint density at radius 3 is 2.89 bits per heavy atom. The fraction of sp³-hybridized carbons (Fsp3) is 0.789. The summed E-state index contributed by atoms with van der Waals surface area (Å²) in [6.45, 7) is 8.99. The number of hydrogen-bond acceptors (Lipinski definition) is 7. The molecule has 8 heteroatoms. The second-order valence-electron chi connectivity index (χ2n) is 9.51. The highest BCUT2D eigenvalue weighted by Crippen LogP contribution is 2.54. The van der Waals surface area contributed by atoms with Crippen LogP contribution in [0.4, 0.5) is 17.3 Å². The van der Waals surface area contributed by atoms with E-state index in [9.17, 15) is 10.1 Å². The van der Waals surface area contributed by atoms with Gasteiger partial charge in [-0.15, -0.1) is 0 Å². The normalized spacial score (nSPS) is 31.9. The Kier molecular flexibility index (Phi) is 4.49. The van der Waals surface area contributed by atoms with E-state index in [1.54, 1.807) is 0 Å². The molecular weight excluding hydrogens is 346 g/mol. The van der Waals surface area contributed by atoms with Gasteiger partial charge in [-0.1, -0.05) is 20.8 Å². The second kappa shape index (κ2) is 6.58. The van der Waals surface area contributed by atoms with Gasteiger partial charge in [-0.05, 0) is 42.9 Å². The minimum absolute atomic E-state index is 0.00977. The Bertz CT molecular complexity index is 734. The lowest BCUT2D eigenvalue weighted by atomic mass is 9.65. The third kappa shape index (κ3) is 3.59. The van der Waals surface area contributed by atoms with Gasteiger partial charge in [-0.3, -0.25) is 10.1 Å². The molecule has 3 heterocycles. The maximum absolute atomic E-state index is 11.9. The first kappa shape index (κ1) is 18.4. The van der Waals surface area contributed by atoms with Crippen LogP contribution in [0, 0.1) is 20.9 Å². The van der Waals surface area contributed by atoms with Crippen molar-refractivity contribution in [3.05, 3.63) is 16.4 Å². The van der Waals surface area contributed by atoms with Crippen molar-refractivity contribution in [2.24, 2.45) is 10.8 Å². The zero-order chi connectivity index (χ0) is 19.2. The van der Waals surface area contributed by atoms with E-state index >= 15 is 0 Å². The van der Waals surface area contributed by atoms with Gasteiger partial charge in [0.25, 0.3) is 0 Å². The van der Waals surface area contributed by atoms with Crippen LogP contribution in [0.15, 0.2) is 6.33 Å². The van der Waals surface area contributed by atoms with E-state index < -0.39 is 0 Å². The van der Waals surface area contributed by atoms with Gasteiger partial charge < -0.3 is 15.0 Å². The predicted molar refractivity (Wildman–Crippen MR) is 103 cm³/mol. The lowest BCUT2D eigenvalue weighted by Gasteiger charge is -2.39. The number of anilines is 2. The van der Waals surface area contributed by atoms with Crippen molar-refractivity contribution in [3.63, 3.8) is 0 Å². The predicted octanol–water partition coefficient (Wildman–Crippen LogP) is 3.38. The molecule has 3 aliphatic rings. The van der Waals surface area contributed by atoms with Crippen molar-refractivity contribution in [2.75, 3.05) is 29.9 Å². The number of aromatic nitrogens is 2. The Labute approximate surface area is 159 Å². The van der Waals surface area contributed by atoms with Crippen molar-refractivity contribution < 1.29 is 9.66 Å². The van der Waals surface area contributed by atoms with Crippen molar-refractivity contribution in [1.82, 2.24) is 9.97 Å². The number of rotatable bonds is 5. The van der Waals surface area contributed by atoms with E-state index in [0.29, 0.717) is 24.2 Å². The SMILES string of the molecule is CC1(C)CC2CC(C)(CN2c2ncnc(NCC3CCCO3)c2[N+](=O)[O-])C1. The molecule has 1 N–H and O–H groups in total. The standard InChI is InChI=1S/C19H29N5O3/c1-18(2)7-13-8-19(3,10-18)11-23(13)17-15(24(25)26)16(21-12-22-17)20-9-14-5-4-6-27-14/h12-14H,4-11H2,1-3H3,(H,20,21,22). The van der Waals surface area contributed by atoms with E-state index in [-0.39, 0.29) is 27.5 Å². The first-order valence-corrected chi connectivity index (χ1v) is 9.88. The Hall–Kier alpha value is -1.96. The molecule has 3 atom stereocenters. The third-order valence-corrected chi connectivity index (χ3v) is 6.19. The summed E-state index contributed by atoms with van der Waals surface area (Å²) in [5.74, 6) is 0.752. The molecule has 0 radical (unpaired) electrons. The third-order valence-electron chi connectivity index (χ3n) is 6.19. The summed E-state index contributed by atoms with van der Waals surface area (Å²) in [5, 5.41) is 15.1. The van der Waals surface area contributed by atoms with Crippen LogP contribution in [0.2, 0.25) is 0 Å². The molecule has 1 aromatic heterocycles. The van der Waals surface area contributed by atoms with Gasteiger partial charge in [0.2, 0.25) is 11.6 Å². The van der Waals surface area contributed by atoms with Crippen molar-refractivity contribution in [2.45, 2.75) is 65.0 Å². The Morgan fingerprint density at radius 2 is 2.19 bits per heavy atom. The topological polar surface area (TPSA) is 93.4 Å². The molecule has 1 saturated carbocycles. The molecule has 1 aliphatic carbocycles. The average molecular weight is 375 g/mol. The molecule has 0 aromatic carbocycles. The van der Waals surface area contributed by atoms with Gasteiger partial charge in [0.15, 0.2) is 0 Å².